The molecule has 0 aliphatic carbocycles. The van der Waals surface area contributed by atoms with Crippen molar-refractivity contribution in [3.05, 3.63) is 72.3 Å². The molecule has 130 valence electrons. The van der Waals surface area contributed by atoms with E-state index in [1.165, 1.54) is 11.1 Å². The van der Waals surface area contributed by atoms with Gasteiger partial charge in [-0.05, 0) is 23.8 Å². The number of benzene rings is 3. The highest BCUT2D eigenvalue weighted by atomic mass is 16.5. The third kappa shape index (κ3) is 2.19. The van der Waals surface area contributed by atoms with E-state index in [4.69, 9.17) is 15.2 Å². The van der Waals surface area contributed by atoms with E-state index < -0.39 is 0 Å². The summed E-state index contributed by atoms with van der Waals surface area (Å²) in [5, 5.41) is 2.29. The van der Waals surface area contributed by atoms with Crippen LogP contribution in [0.5, 0.6) is 11.5 Å². The van der Waals surface area contributed by atoms with Crippen LogP contribution < -0.4 is 15.2 Å². The van der Waals surface area contributed by atoms with E-state index in [1.54, 1.807) is 0 Å². The Hall–Kier alpha value is -2.98. The Labute approximate surface area is 151 Å². The summed E-state index contributed by atoms with van der Waals surface area (Å²) in [5.41, 5.74) is 9.19. The van der Waals surface area contributed by atoms with Crippen LogP contribution in [-0.2, 0) is 0 Å². The zero-order valence-electron chi connectivity index (χ0n) is 14.4. The predicted molar refractivity (Wildman–Crippen MR) is 104 cm³/mol. The van der Waals surface area contributed by atoms with Gasteiger partial charge in [-0.15, -0.1) is 0 Å². The summed E-state index contributed by atoms with van der Waals surface area (Å²) < 4.78 is 14.5. The average Bonchev–Trinajstić information content (AvgIpc) is 3.05. The van der Waals surface area contributed by atoms with Gasteiger partial charge in [0.05, 0.1) is 17.1 Å². The maximum absolute atomic E-state index is 6.13. The van der Waals surface area contributed by atoms with Gasteiger partial charge in [0, 0.05) is 17.3 Å². The van der Waals surface area contributed by atoms with E-state index in [2.05, 4.69) is 41.0 Å². The van der Waals surface area contributed by atoms with Gasteiger partial charge < -0.3 is 19.8 Å². The second kappa shape index (κ2) is 6.07. The number of nitrogens with zero attached hydrogens (tertiary/aromatic N) is 1. The fraction of sp³-hybridized carbons (Fsp3) is 0.182. The largest absolute Gasteiger partial charge is 0.492 e. The second-order valence-corrected chi connectivity index (χ2v) is 6.55. The van der Waals surface area contributed by atoms with Crippen LogP contribution in [0.4, 0.5) is 0 Å². The summed E-state index contributed by atoms with van der Waals surface area (Å²) in [6.45, 7) is 1.62. The third-order valence-corrected chi connectivity index (χ3v) is 5.04. The van der Waals surface area contributed by atoms with Gasteiger partial charge in [-0.25, -0.2) is 0 Å². The van der Waals surface area contributed by atoms with Crippen LogP contribution in [-0.4, -0.2) is 24.3 Å². The van der Waals surface area contributed by atoms with Gasteiger partial charge in [0.25, 0.3) is 0 Å². The van der Waals surface area contributed by atoms with Crippen LogP contribution in [0.1, 0.15) is 11.6 Å². The number of fused-ring (bicyclic) bond motifs is 3. The van der Waals surface area contributed by atoms with Gasteiger partial charge in [-0.3, -0.25) is 0 Å². The highest BCUT2D eigenvalue weighted by Crippen LogP contribution is 2.44. The number of rotatable bonds is 4. The van der Waals surface area contributed by atoms with Crippen molar-refractivity contribution in [2.45, 2.75) is 6.04 Å². The Bertz CT molecular complexity index is 1090. The summed E-state index contributed by atoms with van der Waals surface area (Å²) in [4.78, 5) is 0. The number of aromatic nitrogens is 1. The van der Waals surface area contributed by atoms with Crippen LogP contribution in [0.2, 0.25) is 0 Å². The quantitative estimate of drug-likeness (QED) is 0.606. The second-order valence-electron chi connectivity index (χ2n) is 6.55. The Morgan fingerprint density at radius 2 is 1.85 bits per heavy atom. The number of hydrogen-bond acceptors (Lipinski definition) is 3. The van der Waals surface area contributed by atoms with Crippen molar-refractivity contribution in [1.82, 2.24) is 4.57 Å². The SMILES string of the molecule is NCCOc1cccc2c1c1cccc3c1n2[C@@H](c1ccccc1)CO3. The molecule has 4 nitrogen and oxygen atoms in total. The first-order chi connectivity index (χ1) is 12.9. The highest BCUT2D eigenvalue weighted by molar-refractivity contribution is 6.13. The van der Waals surface area contributed by atoms with E-state index in [9.17, 15) is 0 Å². The van der Waals surface area contributed by atoms with Gasteiger partial charge in [0.2, 0.25) is 0 Å². The zero-order chi connectivity index (χ0) is 17.5. The summed E-state index contributed by atoms with van der Waals surface area (Å²) in [6.07, 6.45) is 0. The monoisotopic (exact) mass is 344 g/mol. The molecule has 0 fully saturated rings. The predicted octanol–water partition coefficient (Wildman–Crippen LogP) is 4.11. The van der Waals surface area contributed by atoms with Gasteiger partial charge in [-0.2, -0.15) is 0 Å². The molecule has 0 saturated carbocycles. The molecule has 4 heteroatoms. The molecule has 1 aliphatic rings. The van der Waals surface area contributed by atoms with E-state index in [0.29, 0.717) is 19.8 Å². The first-order valence-electron chi connectivity index (χ1n) is 8.94. The van der Waals surface area contributed by atoms with Crippen LogP contribution in [0.25, 0.3) is 21.8 Å². The Balaban J connectivity index is 1.84. The van der Waals surface area contributed by atoms with Crippen LogP contribution in [0.15, 0.2) is 66.7 Å². The smallest absolute Gasteiger partial charge is 0.143 e. The number of ether oxygens (including phenoxy) is 2. The molecule has 2 N–H and O–H groups in total. The molecule has 3 aromatic carbocycles. The minimum atomic E-state index is 0.135. The molecule has 26 heavy (non-hydrogen) atoms. The lowest BCUT2D eigenvalue weighted by Crippen LogP contribution is -2.22. The van der Waals surface area contributed by atoms with Crippen molar-refractivity contribution >= 4 is 21.8 Å². The number of nitrogens with two attached hydrogens (primary N) is 1. The molecule has 1 atom stereocenters. The topological polar surface area (TPSA) is 49.4 Å². The number of para-hydroxylation sites is 1. The molecular weight excluding hydrogens is 324 g/mol. The fourth-order valence-electron chi connectivity index (χ4n) is 3.98. The maximum Gasteiger partial charge on any atom is 0.143 e. The maximum atomic E-state index is 6.13. The van der Waals surface area contributed by atoms with E-state index in [1.807, 2.05) is 30.3 Å². The van der Waals surface area contributed by atoms with Gasteiger partial charge >= 0.3 is 0 Å². The van der Waals surface area contributed by atoms with Gasteiger partial charge in [-0.1, -0.05) is 48.5 Å². The Morgan fingerprint density at radius 1 is 1.00 bits per heavy atom. The van der Waals surface area contributed by atoms with Crippen LogP contribution in [0, 0.1) is 0 Å². The first kappa shape index (κ1) is 15.3. The van der Waals surface area contributed by atoms with E-state index in [-0.39, 0.29) is 6.04 Å². The lowest BCUT2D eigenvalue weighted by Gasteiger charge is -2.27. The molecule has 0 spiro atoms. The summed E-state index contributed by atoms with van der Waals surface area (Å²) in [7, 11) is 0. The van der Waals surface area contributed by atoms with Crippen molar-refractivity contribution in [1.29, 1.82) is 0 Å². The van der Waals surface area contributed by atoms with Crippen molar-refractivity contribution in [2.75, 3.05) is 19.8 Å². The Morgan fingerprint density at radius 3 is 2.69 bits per heavy atom. The zero-order valence-corrected chi connectivity index (χ0v) is 14.4. The summed E-state index contributed by atoms with van der Waals surface area (Å²) in [5.74, 6) is 1.80. The van der Waals surface area contributed by atoms with Crippen molar-refractivity contribution < 1.29 is 9.47 Å². The minimum absolute atomic E-state index is 0.135. The lowest BCUT2D eigenvalue weighted by molar-refractivity contribution is 0.262. The van der Waals surface area contributed by atoms with E-state index in [0.717, 1.165) is 27.8 Å². The minimum Gasteiger partial charge on any atom is -0.492 e. The molecule has 0 radical (unpaired) electrons. The standard InChI is InChI=1S/C22H20N2O2/c23-12-13-25-19-10-5-9-17-21(19)16-8-4-11-20-22(16)24(17)18(14-26-20)15-6-2-1-3-7-15/h1-11,18H,12-14,23H2/t18-/m1/s1. The molecule has 1 aromatic heterocycles. The highest BCUT2D eigenvalue weighted by Gasteiger charge is 2.28. The molecular formula is C22H20N2O2. The van der Waals surface area contributed by atoms with Crippen molar-refractivity contribution in [3.8, 4) is 11.5 Å². The van der Waals surface area contributed by atoms with Crippen LogP contribution >= 0.6 is 0 Å². The molecule has 0 bridgehead atoms. The summed E-state index contributed by atoms with van der Waals surface area (Å²) in [6, 6.07) is 23.1. The molecule has 0 unspecified atom stereocenters. The molecule has 4 aromatic rings. The van der Waals surface area contributed by atoms with Gasteiger partial charge in [0.15, 0.2) is 0 Å². The number of hydrogen-bond donors (Lipinski definition) is 1. The van der Waals surface area contributed by atoms with Gasteiger partial charge in [0.1, 0.15) is 24.7 Å². The average molecular weight is 344 g/mol. The normalized spacial score (nSPS) is 16.0. The Kier molecular flexibility index (Phi) is 3.57. The fourth-order valence-corrected chi connectivity index (χ4v) is 3.98. The molecule has 0 saturated heterocycles. The van der Waals surface area contributed by atoms with E-state index >= 15 is 0 Å². The first-order valence-corrected chi connectivity index (χ1v) is 8.94. The third-order valence-electron chi connectivity index (χ3n) is 5.04. The molecule has 0 amide bonds. The molecule has 1 aliphatic heterocycles. The molecule has 5 rings (SSSR count). The van der Waals surface area contributed by atoms with Crippen molar-refractivity contribution in [3.63, 3.8) is 0 Å². The summed E-state index contributed by atoms with van der Waals surface area (Å²) >= 11 is 0. The van der Waals surface area contributed by atoms with Crippen molar-refractivity contribution in [2.24, 2.45) is 5.73 Å². The molecule has 2 heterocycles. The lowest BCUT2D eigenvalue weighted by atomic mass is 10.1. The van der Waals surface area contributed by atoms with Crippen LogP contribution in [0.3, 0.4) is 0 Å².